The highest BCUT2D eigenvalue weighted by Gasteiger charge is 2.55. The van der Waals surface area contributed by atoms with Gasteiger partial charge in [-0.15, -0.1) is 0 Å². The summed E-state index contributed by atoms with van der Waals surface area (Å²) in [4.78, 5) is 17.4. The van der Waals surface area contributed by atoms with Crippen molar-refractivity contribution in [1.29, 1.82) is 0 Å². The maximum absolute atomic E-state index is 13.4. The number of aromatic hydroxyl groups is 2. The van der Waals surface area contributed by atoms with Crippen LogP contribution in [0.15, 0.2) is 35.4 Å². The molecule has 0 spiro atoms. The van der Waals surface area contributed by atoms with Crippen LogP contribution < -0.4 is 11.1 Å². The summed E-state index contributed by atoms with van der Waals surface area (Å²) in [6.07, 6.45) is 7.03. The first-order chi connectivity index (χ1) is 18.0. The summed E-state index contributed by atoms with van der Waals surface area (Å²) in [5.74, 6) is 1.72. The van der Waals surface area contributed by atoms with Gasteiger partial charge >= 0.3 is 0 Å². The lowest BCUT2D eigenvalue weighted by Crippen LogP contribution is -2.68. The second kappa shape index (κ2) is 8.94. The maximum Gasteiger partial charge on any atom is 0.253 e. The predicted octanol–water partition coefficient (Wildman–Crippen LogP) is 1.33. The lowest BCUT2D eigenvalue weighted by molar-refractivity contribution is -0.153. The molecular weight excluding hydrogens is 510 g/mol. The number of rotatable bonds is 6. The second-order valence-electron chi connectivity index (χ2n) is 11.8. The Hall–Kier alpha value is -2.67. The van der Waals surface area contributed by atoms with E-state index < -0.39 is 21.2 Å². The molecule has 1 saturated heterocycles. The van der Waals surface area contributed by atoms with E-state index in [1.54, 1.807) is 6.92 Å². The standard InChI is InChI=1S/C26H35N5O6S/c1-25(24(34)29-14-26(27)18-9-16-8-17(11-18)12-19(26)10-16)15-30(6-7-37-25)38(35,36)20-2-3-21(28-13-20)31-22(32)4-5-23(31)33/h2-5,13,16-19,32-33H,6-12,14-15,27H2,1H3,(H,29,34). The average Bonchev–Trinajstić information content (AvgIpc) is 3.23. The number of ether oxygens (including phenoxy) is 1. The smallest absolute Gasteiger partial charge is 0.253 e. The van der Waals surface area contributed by atoms with Gasteiger partial charge in [0, 0.05) is 37.0 Å². The summed E-state index contributed by atoms with van der Waals surface area (Å²) in [5.41, 5.74) is 5.17. The van der Waals surface area contributed by atoms with Crippen molar-refractivity contribution >= 4 is 15.9 Å². The highest BCUT2D eigenvalue weighted by molar-refractivity contribution is 7.89. The number of pyridine rings is 1. The predicted molar refractivity (Wildman–Crippen MR) is 137 cm³/mol. The molecule has 0 radical (unpaired) electrons. The molecule has 1 amide bonds. The van der Waals surface area contributed by atoms with Crippen molar-refractivity contribution in [2.75, 3.05) is 26.2 Å². The number of carbonyl (C=O) groups is 1. The minimum atomic E-state index is -3.98. The topological polar surface area (TPSA) is 160 Å². The van der Waals surface area contributed by atoms with E-state index in [1.807, 2.05) is 0 Å². The number of carbonyl (C=O) groups excluding carboxylic acids is 1. The molecule has 38 heavy (non-hydrogen) atoms. The second-order valence-corrected chi connectivity index (χ2v) is 13.7. The molecule has 0 aromatic carbocycles. The van der Waals surface area contributed by atoms with E-state index in [2.05, 4.69) is 10.3 Å². The average molecular weight is 546 g/mol. The summed E-state index contributed by atoms with van der Waals surface area (Å²) >= 11 is 0. The molecule has 11 nitrogen and oxygen atoms in total. The monoisotopic (exact) mass is 545 g/mol. The molecule has 4 saturated carbocycles. The fourth-order valence-corrected chi connectivity index (χ4v) is 8.86. The molecule has 7 rings (SSSR count). The fourth-order valence-electron chi connectivity index (χ4n) is 7.40. The van der Waals surface area contributed by atoms with Gasteiger partial charge in [-0.1, -0.05) is 0 Å². The number of morpholine rings is 1. The van der Waals surface area contributed by atoms with Gasteiger partial charge in [0.05, 0.1) is 13.2 Å². The van der Waals surface area contributed by atoms with Gasteiger partial charge in [0.25, 0.3) is 5.91 Å². The largest absolute Gasteiger partial charge is 0.494 e. The molecule has 2 aromatic rings. The van der Waals surface area contributed by atoms with Gasteiger partial charge in [0.1, 0.15) is 10.7 Å². The minimum Gasteiger partial charge on any atom is -0.494 e. The van der Waals surface area contributed by atoms with Gasteiger partial charge in [-0.25, -0.2) is 18.0 Å². The van der Waals surface area contributed by atoms with Crippen LogP contribution in [0.1, 0.15) is 39.0 Å². The number of amides is 1. The number of aromatic nitrogens is 2. The molecule has 1 aliphatic heterocycles. The Bertz CT molecular complexity index is 1290. The van der Waals surface area contributed by atoms with Gasteiger partial charge in [0.15, 0.2) is 17.4 Å². The quantitative estimate of drug-likeness (QED) is 0.423. The molecule has 5 aliphatic rings. The van der Waals surface area contributed by atoms with Gasteiger partial charge < -0.3 is 26.0 Å². The van der Waals surface area contributed by atoms with Crippen LogP contribution in [0.2, 0.25) is 0 Å². The number of nitrogens with one attached hydrogen (secondary N) is 1. The van der Waals surface area contributed by atoms with E-state index >= 15 is 0 Å². The first-order valence-corrected chi connectivity index (χ1v) is 14.7. The minimum absolute atomic E-state index is 0.0634. The van der Waals surface area contributed by atoms with Gasteiger partial charge in [0.2, 0.25) is 10.0 Å². The Balaban J connectivity index is 1.14. The molecule has 2 aromatic heterocycles. The molecular formula is C26H35N5O6S. The summed E-state index contributed by atoms with van der Waals surface area (Å²) in [5, 5.41) is 22.8. The Kier molecular flexibility index (Phi) is 6.02. The van der Waals surface area contributed by atoms with Crippen LogP contribution in [-0.2, 0) is 19.6 Å². The Morgan fingerprint density at radius 1 is 1.11 bits per heavy atom. The molecule has 5 N–H and O–H groups in total. The van der Waals surface area contributed by atoms with Crippen molar-refractivity contribution in [3.05, 3.63) is 30.5 Å². The number of nitrogens with zero attached hydrogens (tertiary/aromatic N) is 3. The molecule has 5 fully saturated rings. The van der Waals surface area contributed by atoms with Crippen LogP contribution in [0.25, 0.3) is 5.82 Å². The van der Waals surface area contributed by atoms with E-state index in [0.717, 1.165) is 42.1 Å². The van der Waals surface area contributed by atoms with Crippen LogP contribution in [0.3, 0.4) is 0 Å². The first kappa shape index (κ1) is 25.6. The van der Waals surface area contributed by atoms with E-state index in [9.17, 15) is 23.4 Å². The summed E-state index contributed by atoms with van der Waals surface area (Å²) in [7, 11) is -3.98. The zero-order valence-corrected chi connectivity index (χ0v) is 22.2. The zero-order valence-electron chi connectivity index (χ0n) is 21.4. The van der Waals surface area contributed by atoms with Crippen molar-refractivity contribution in [3.63, 3.8) is 0 Å². The van der Waals surface area contributed by atoms with Crippen molar-refractivity contribution in [2.24, 2.45) is 29.4 Å². The number of hydrogen-bond acceptors (Lipinski definition) is 8. The van der Waals surface area contributed by atoms with E-state index in [0.29, 0.717) is 18.4 Å². The number of nitrogens with two attached hydrogens (primary N) is 1. The van der Waals surface area contributed by atoms with Gasteiger partial charge in [-0.2, -0.15) is 4.31 Å². The first-order valence-electron chi connectivity index (χ1n) is 13.3. The van der Waals surface area contributed by atoms with Gasteiger partial charge in [-0.3, -0.25) is 4.79 Å². The molecule has 12 heteroatoms. The normalized spacial score (nSPS) is 34.9. The van der Waals surface area contributed by atoms with Crippen molar-refractivity contribution in [3.8, 4) is 17.6 Å². The Morgan fingerprint density at radius 2 is 1.74 bits per heavy atom. The van der Waals surface area contributed by atoms with Crippen molar-refractivity contribution < 1.29 is 28.2 Å². The van der Waals surface area contributed by atoms with Crippen LogP contribution in [0.5, 0.6) is 11.8 Å². The molecule has 4 aliphatic carbocycles. The molecule has 1 unspecified atom stereocenters. The summed E-state index contributed by atoms with van der Waals surface area (Å²) in [6, 6.07) is 5.35. The molecule has 206 valence electrons. The maximum atomic E-state index is 13.4. The third-order valence-electron chi connectivity index (χ3n) is 9.36. The van der Waals surface area contributed by atoms with Crippen molar-refractivity contribution in [2.45, 2.75) is 55.1 Å². The van der Waals surface area contributed by atoms with E-state index in [1.165, 1.54) is 41.2 Å². The van der Waals surface area contributed by atoms with Crippen molar-refractivity contribution in [1.82, 2.24) is 19.2 Å². The molecule has 4 bridgehead atoms. The molecule has 1 atom stereocenters. The van der Waals surface area contributed by atoms with E-state index in [4.69, 9.17) is 10.5 Å². The lowest BCUT2D eigenvalue weighted by atomic mass is 9.49. The Morgan fingerprint density at radius 3 is 2.32 bits per heavy atom. The third-order valence-corrected chi connectivity index (χ3v) is 11.2. The lowest BCUT2D eigenvalue weighted by Gasteiger charge is -2.60. The third kappa shape index (κ3) is 4.09. The Labute approximate surface area is 222 Å². The van der Waals surface area contributed by atoms with E-state index in [-0.39, 0.29) is 48.1 Å². The molecule has 3 heterocycles. The highest BCUT2D eigenvalue weighted by Crippen LogP contribution is 2.57. The van der Waals surface area contributed by atoms with Crippen LogP contribution in [-0.4, -0.2) is 75.8 Å². The van der Waals surface area contributed by atoms with Crippen LogP contribution >= 0.6 is 0 Å². The number of sulfonamides is 1. The van der Waals surface area contributed by atoms with Crippen LogP contribution in [0.4, 0.5) is 0 Å². The fraction of sp³-hybridized carbons (Fsp3) is 0.615. The number of hydrogen-bond donors (Lipinski definition) is 4. The summed E-state index contributed by atoms with van der Waals surface area (Å²) in [6.45, 7) is 2.01. The van der Waals surface area contributed by atoms with Crippen LogP contribution in [0, 0.1) is 23.7 Å². The SMILES string of the molecule is CC1(C(=O)NCC2(N)C3CC4CC(C3)CC2C4)CN(S(=O)(=O)c2ccc(-n3c(O)ccc3O)nc2)CCO1. The zero-order chi connectivity index (χ0) is 26.9. The summed E-state index contributed by atoms with van der Waals surface area (Å²) < 4.78 is 35.0. The highest BCUT2D eigenvalue weighted by atomic mass is 32.2. The van der Waals surface area contributed by atoms with Gasteiger partial charge in [-0.05, 0) is 74.8 Å².